The standard InChI is InChI=1S/C12H15NO2S/c1-4-13-12-7-9-10(15-3)5-8(14-2)6-11(9)16-12/h5-7,13H,4H2,1-3H3. The molecule has 4 heteroatoms. The normalized spacial score (nSPS) is 10.4. The van der Waals surface area contributed by atoms with Crippen molar-refractivity contribution >= 4 is 26.4 Å². The van der Waals surface area contributed by atoms with Gasteiger partial charge in [0, 0.05) is 22.7 Å². The number of anilines is 1. The highest BCUT2D eigenvalue weighted by Gasteiger charge is 2.09. The molecule has 0 amide bonds. The predicted molar refractivity (Wildman–Crippen MR) is 69.1 cm³/mol. The summed E-state index contributed by atoms with van der Waals surface area (Å²) in [4.78, 5) is 0. The Morgan fingerprint density at radius 2 is 2.00 bits per heavy atom. The summed E-state index contributed by atoms with van der Waals surface area (Å²) in [6.07, 6.45) is 0. The maximum Gasteiger partial charge on any atom is 0.131 e. The molecule has 0 atom stereocenters. The molecule has 16 heavy (non-hydrogen) atoms. The minimum atomic E-state index is 0.828. The fourth-order valence-electron chi connectivity index (χ4n) is 1.63. The first kappa shape index (κ1) is 11.1. The zero-order chi connectivity index (χ0) is 11.5. The summed E-state index contributed by atoms with van der Waals surface area (Å²) < 4.78 is 11.8. The number of rotatable bonds is 4. The number of thiophene rings is 1. The molecule has 0 saturated carbocycles. The molecule has 0 fully saturated rings. The van der Waals surface area contributed by atoms with Gasteiger partial charge in [-0.3, -0.25) is 0 Å². The zero-order valence-corrected chi connectivity index (χ0v) is 10.5. The van der Waals surface area contributed by atoms with Crippen LogP contribution in [0.1, 0.15) is 6.92 Å². The van der Waals surface area contributed by atoms with E-state index in [2.05, 4.69) is 18.3 Å². The van der Waals surface area contributed by atoms with E-state index in [1.165, 1.54) is 4.70 Å². The average molecular weight is 237 g/mol. The fraction of sp³-hybridized carbons (Fsp3) is 0.333. The Hall–Kier alpha value is -1.42. The van der Waals surface area contributed by atoms with Crippen molar-refractivity contribution in [3.63, 3.8) is 0 Å². The van der Waals surface area contributed by atoms with Crippen molar-refractivity contribution in [3.8, 4) is 11.5 Å². The van der Waals surface area contributed by atoms with Gasteiger partial charge in [-0.1, -0.05) is 0 Å². The number of hydrogen-bond donors (Lipinski definition) is 1. The van der Waals surface area contributed by atoms with Crippen molar-refractivity contribution in [2.45, 2.75) is 6.92 Å². The Bertz CT molecular complexity index is 493. The van der Waals surface area contributed by atoms with Crippen molar-refractivity contribution in [3.05, 3.63) is 18.2 Å². The van der Waals surface area contributed by atoms with Crippen LogP contribution in [0.25, 0.3) is 10.1 Å². The summed E-state index contributed by atoms with van der Waals surface area (Å²) >= 11 is 1.71. The second kappa shape index (κ2) is 4.61. The number of hydrogen-bond acceptors (Lipinski definition) is 4. The molecule has 2 aromatic rings. The van der Waals surface area contributed by atoms with E-state index in [-0.39, 0.29) is 0 Å². The Morgan fingerprint density at radius 3 is 2.62 bits per heavy atom. The lowest BCUT2D eigenvalue weighted by Crippen LogP contribution is -1.92. The third-order valence-corrected chi connectivity index (χ3v) is 3.42. The summed E-state index contributed by atoms with van der Waals surface area (Å²) in [5.41, 5.74) is 0. The van der Waals surface area contributed by atoms with Crippen molar-refractivity contribution in [1.82, 2.24) is 0 Å². The van der Waals surface area contributed by atoms with Crippen molar-refractivity contribution < 1.29 is 9.47 Å². The number of nitrogens with one attached hydrogen (secondary N) is 1. The third-order valence-electron chi connectivity index (χ3n) is 2.38. The Labute approximate surface area is 99.0 Å². The van der Waals surface area contributed by atoms with E-state index in [1.54, 1.807) is 25.6 Å². The molecule has 0 radical (unpaired) electrons. The van der Waals surface area contributed by atoms with E-state index < -0.39 is 0 Å². The molecule has 1 aromatic carbocycles. The number of fused-ring (bicyclic) bond motifs is 1. The molecular formula is C12H15NO2S. The zero-order valence-electron chi connectivity index (χ0n) is 9.66. The van der Waals surface area contributed by atoms with Gasteiger partial charge in [0.15, 0.2) is 0 Å². The SMILES string of the molecule is CCNc1cc2c(OC)cc(OC)cc2s1. The molecule has 0 saturated heterocycles. The first-order valence-electron chi connectivity index (χ1n) is 5.18. The van der Waals surface area contributed by atoms with Gasteiger partial charge in [0.1, 0.15) is 11.5 Å². The highest BCUT2D eigenvalue weighted by molar-refractivity contribution is 7.22. The highest BCUT2D eigenvalue weighted by Crippen LogP contribution is 2.38. The second-order valence-electron chi connectivity index (χ2n) is 3.38. The maximum atomic E-state index is 5.36. The van der Waals surface area contributed by atoms with E-state index in [9.17, 15) is 0 Å². The van der Waals surface area contributed by atoms with Crippen molar-refractivity contribution in [2.24, 2.45) is 0 Å². The number of methoxy groups -OCH3 is 2. The Balaban J connectivity index is 2.55. The summed E-state index contributed by atoms with van der Waals surface area (Å²) in [5.74, 6) is 1.68. The molecule has 0 aliphatic carbocycles. The Kier molecular flexibility index (Phi) is 3.19. The van der Waals surface area contributed by atoms with Crippen molar-refractivity contribution in [1.29, 1.82) is 0 Å². The van der Waals surface area contributed by atoms with Gasteiger partial charge in [0.25, 0.3) is 0 Å². The number of benzene rings is 1. The van der Waals surface area contributed by atoms with Crippen LogP contribution in [-0.4, -0.2) is 20.8 Å². The molecule has 0 aliphatic heterocycles. The maximum absolute atomic E-state index is 5.36. The van der Waals surface area contributed by atoms with Gasteiger partial charge in [-0.2, -0.15) is 0 Å². The van der Waals surface area contributed by atoms with Crippen LogP contribution in [0, 0.1) is 0 Å². The highest BCUT2D eigenvalue weighted by atomic mass is 32.1. The molecule has 1 aromatic heterocycles. The van der Waals surface area contributed by atoms with Crippen molar-refractivity contribution in [2.75, 3.05) is 26.1 Å². The average Bonchev–Trinajstić information content (AvgIpc) is 2.70. The summed E-state index contributed by atoms with van der Waals surface area (Å²) in [5, 5.41) is 5.59. The quantitative estimate of drug-likeness (QED) is 0.884. The molecular weight excluding hydrogens is 222 g/mol. The summed E-state index contributed by atoms with van der Waals surface area (Å²) in [7, 11) is 3.35. The van der Waals surface area contributed by atoms with Crippen LogP contribution >= 0.6 is 11.3 Å². The van der Waals surface area contributed by atoms with Crippen LogP contribution in [0.3, 0.4) is 0 Å². The minimum Gasteiger partial charge on any atom is -0.497 e. The van der Waals surface area contributed by atoms with Gasteiger partial charge < -0.3 is 14.8 Å². The topological polar surface area (TPSA) is 30.5 Å². The molecule has 1 heterocycles. The molecule has 86 valence electrons. The molecule has 0 bridgehead atoms. The molecule has 2 rings (SSSR count). The number of ether oxygens (including phenoxy) is 2. The molecule has 0 aliphatic rings. The molecule has 3 nitrogen and oxygen atoms in total. The lowest BCUT2D eigenvalue weighted by molar-refractivity contribution is 0.398. The van der Waals surface area contributed by atoms with Crippen LogP contribution < -0.4 is 14.8 Å². The third kappa shape index (κ3) is 1.93. The largest absolute Gasteiger partial charge is 0.497 e. The van der Waals surface area contributed by atoms with Gasteiger partial charge in [0.05, 0.1) is 19.2 Å². The first-order valence-corrected chi connectivity index (χ1v) is 5.99. The van der Waals surface area contributed by atoms with E-state index >= 15 is 0 Å². The predicted octanol–water partition coefficient (Wildman–Crippen LogP) is 3.35. The lowest BCUT2D eigenvalue weighted by atomic mass is 10.2. The van der Waals surface area contributed by atoms with Crippen LogP contribution in [0.2, 0.25) is 0 Å². The first-order chi connectivity index (χ1) is 7.78. The van der Waals surface area contributed by atoms with E-state index in [1.807, 2.05) is 12.1 Å². The molecule has 1 N–H and O–H groups in total. The van der Waals surface area contributed by atoms with Crippen LogP contribution in [0.5, 0.6) is 11.5 Å². The molecule has 0 unspecified atom stereocenters. The summed E-state index contributed by atoms with van der Waals surface area (Å²) in [6.45, 7) is 3.01. The van der Waals surface area contributed by atoms with Crippen LogP contribution in [-0.2, 0) is 0 Å². The van der Waals surface area contributed by atoms with E-state index in [0.717, 1.165) is 28.4 Å². The van der Waals surface area contributed by atoms with Gasteiger partial charge in [0.2, 0.25) is 0 Å². The monoisotopic (exact) mass is 237 g/mol. The van der Waals surface area contributed by atoms with Gasteiger partial charge in [-0.15, -0.1) is 11.3 Å². The fourth-order valence-corrected chi connectivity index (χ4v) is 2.71. The van der Waals surface area contributed by atoms with Gasteiger partial charge in [-0.05, 0) is 19.1 Å². The molecule has 0 spiro atoms. The van der Waals surface area contributed by atoms with Gasteiger partial charge in [-0.25, -0.2) is 0 Å². The van der Waals surface area contributed by atoms with Crippen LogP contribution in [0.4, 0.5) is 5.00 Å². The summed E-state index contributed by atoms with van der Waals surface area (Å²) in [6, 6.07) is 6.05. The van der Waals surface area contributed by atoms with E-state index in [0.29, 0.717) is 0 Å². The second-order valence-corrected chi connectivity index (χ2v) is 4.47. The van der Waals surface area contributed by atoms with Crippen LogP contribution in [0.15, 0.2) is 18.2 Å². The smallest absolute Gasteiger partial charge is 0.131 e. The van der Waals surface area contributed by atoms with E-state index in [4.69, 9.17) is 9.47 Å². The Morgan fingerprint density at radius 1 is 1.19 bits per heavy atom. The lowest BCUT2D eigenvalue weighted by Gasteiger charge is -2.04. The van der Waals surface area contributed by atoms with Gasteiger partial charge >= 0.3 is 0 Å². The minimum absolute atomic E-state index is 0.828.